The Morgan fingerprint density at radius 3 is 2.46 bits per heavy atom. The monoisotopic (exact) mass is 335 g/mol. The van der Waals surface area contributed by atoms with Crippen molar-refractivity contribution in [1.29, 1.82) is 0 Å². The molecule has 0 bridgehead atoms. The molecule has 0 saturated carbocycles. The van der Waals surface area contributed by atoms with E-state index in [1.54, 1.807) is 0 Å². The van der Waals surface area contributed by atoms with Crippen LogP contribution in [0.1, 0.15) is 22.8 Å². The maximum Gasteiger partial charge on any atom is 0.257 e. The highest BCUT2D eigenvalue weighted by atomic mass is 31.2. The Labute approximate surface area is 141 Å². The van der Waals surface area contributed by atoms with Gasteiger partial charge in [0.05, 0.1) is 5.56 Å². The average molecular weight is 335 g/mol. The summed E-state index contributed by atoms with van der Waals surface area (Å²) in [5.41, 5.74) is 3.52. The molecule has 1 amide bonds. The van der Waals surface area contributed by atoms with Gasteiger partial charge in [0, 0.05) is 11.5 Å². The Kier molecular flexibility index (Phi) is 3.36. The lowest BCUT2D eigenvalue weighted by molar-refractivity contribution is 0.0986. The summed E-state index contributed by atoms with van der Waals surface area (Å²) < 4.78 is 12.9. The summed E-state index contributed by atoms with van der Waals surface area (Å²) in [7, 11) is -2.78. The van der Waals surface area contributed by atoms with Crippen molar-refractivity contribution >= 4 is 29.3 Å². The molecule has 0 spiro atoms. The van der Waals surface area contributed by atoms with Crippen LogP contribution in [-0.4, -0.2) is 12.1 Å². The Morgan fingerprint density at radius 2 is 1.71 bits per heavy atom. The fourth-order valence-corrected chi connectivity index (χ4v) is 5.71. The van der Waals surface area contributed by atoms with Crippen LogP contribution in [0.5, 0.6) is 0 Å². The van der Waals surface area contributed by atoms with Crippen LogP contribution in [0.4, 0.5) is 0 Å². The SMILES string of the molecule is CCP1(=O)NC(=O)c2cc(-c3ccc4ccccc4c3)cc(C)c21. The first kappa shape index (κ1) is 15.2. The van der Waals surface area contributed by atoms with Crippen molar-refractivity contribution in [2.24, 2.45) is 0 Å². The van der Waals surface area contributed by atoms with E-state index >= 15 is 0 Å². The molecule has 0 aliphatic carbocycles. The van der Waals surface area contributed by atoms with Gasteiger partial charge in [-0.2, -0.15) is 0 Å². The van der Waals surface area contributed by atoms with E-state index in [2.05, 4.69) is 35.4 Å². The van der Waals surface area contributed by atoms with Crippen molar-refractivity contribution in [3.8, 4) is 11.1 Å². The molecular weight excluding hydrogens is 317 g/mol. The molecular formula is C20H18NO2P. The molecule has 4 heteroatoms. The number of nitrogens with one attached hydrogen (secondary N) is 1. The van der Waals surface area contributed by atoms with Crippen molar-refractivity contribution in [1.82, 2.24) is 5.09 Å². The van der Waals surface area contributed by atoms with Crippen LogP contribution in [0.15, 0.2) is 54.6 Å². The fourth-order valence-electron chi connectivity index (χ4n) is 3.48. The van der Waals surface area contributed by atoms with Crippen LogP contribution >= 0.6 is 7.29 Å². The van der Waals surface area contributed by atoms with Gasteiger partial charge in [0.25, 0.3) is 5.91 Å². The molecule has 1 aliphatic heterocycles. The molecule has 0 saturated heterocycles. The van der Waals surface area contributed by atoms with E-state index in [1.807, 2.05) is 38.1 Å². The quantitative estimate of drug-likeness (QED) is 0.702. The molecule has 3 nitrogen and oxygen atoms in total. The van der Waals surface area contributed by atoms with E-state index < -0.39 is 7.29 Å². The van der Waals surface area contributed by atoms with Crippen molar-refractivity contribution < 1.29 is 9.36 Å². The number of amides is 1. The van der Waals surface area contributed by atoms with Gasteiger partial charge >= 0.3 is 0 Å². The predicted molar refractivity (Wildman–Crippen MR) is 99.4 cm³/mol. The molecule has 0 aromatic heterocycles. The second-order valence-electron chi connectivity index (χ2n) is 6.25. The molecule has 3 aromatic rings. The number of hydrogen-bond donors (Lipinski definition) is 1. The van der Waals surface area contributed by atoms with Gasteiger partial charge in [0.2, 0.25) is 7.29 Å². The maximum absolute atomic E-state index is 12.9. The standard InChI is InChI=1S/C20H18NO2P/c1-3-24(23)19-13(2)10-17(12-18(19)20(22)21-24)16-9-8-14-6-4-5-7-15(14)11-16/h4-12H,3H2,1-2H3,(H,21,22,23). The normalized spacial score (nSPS) is 19.3. The van der Waals surface area contributed by atoms with Crippen molar-refractivity contribution in [2.45, 2.75) is 13.8 Å². The highest BCUT2D eigenvalue weighted by Gasteiger charge is 2.38. The number of carbonyl (C=O) groups is 1. The first-order valence-electron chi connectivity index (χ1n) is 8.08. The highest BCUT2D eigenvalue weighted by Crippen LogP contribution is 2.46. The van der Waals surface area contributed by atoms with Crippen LogP contribution in [0.3, 0.4) is 0 Å². The minimum Gasteiger partial charge on any atom is -0.299 e. The predicted octanol–water partition coefficient (Wildman–Crippen LogP) is 4.48. The second-order valence-corrected chi connectivity index (χ2v) is 9.03. The summed E-state index contributed by atoms with van der Waals surface area (Å²) in [6.07, 6.45) is 0.446. The van der Waals surface area contributed by atoms with Gasteiger partial charge in [0.15, 0.2) is 0 Å². The lowest BCUT2D eigenvalue weighted by atomic mass is 9.97. The van der Waals surface area contributed by atoms with Crippen LogP contribution in [0.2, 0.25) is 0 Å². The third-order valence-electron chi connectivity index (χ3n) is 4.72. The number of aryl methyl sites for hydroxylation is 1. The minimum absolute atomic E-state index is 0.221. The third-order valence-corrected chi connectivity index (χ3v) is 7.49. The summed E-state index contributed by atoms with van der Waals surface area (Å²) in [5, 5.41) is 5.77. The maximum atomic E-state index is 12.9. The molecule has 0 fully saturated rings. The molecule has 1 heterocycles. The van der Waals surface area contributed by atoms with Crippen LogP contribution < -0.4 is 10.4 Å². The zero-order valence-electron chi connectivity index (χ0n) is 13.7. The summed E-state index contributed by atoms with van der Waals surface area (Å²) >= 11 is 0. The van der Waals surface area contributed by atoms with Crippen molar-refractivity contribution in [2.75, 3.05) is 6.16 Å². The summed E-state index contributed by atoms with van der Waals surface area (Å²) in [6.45, 7) is 3.79. The van der Waals surface area contributed by atoms with Gasteiger partial charge in [-0.05, 0) is 46.5 Å². The molecule has 0 radical (unpaired) electrons. The molecule has 1 atom stereocenters. The lowest BCUT2D eigenvalue weighted by Gasteiger charge is -2.13. The third kappa shape index (κ3) is 2.20. The van der Waals surface area contributed by atoms with E-state index in [9.17, 15) is 9.36 Å². The van der Waals surface area contributed by atoms with Gasteiger partial charge in [0.1, 0.15) is 0 Å². The molecule has 24 heavy (non-hydrogen) atoms. The van der Waals surface area contributed by atoms with E-state index in [0.29, 0.717) is 17.0 Å². The topological polar surface area (TPSA) is 46.2 Å². The molecule has 3 aromatic carbocycles. The molecule has 1 unspecified atom stereocenters. The summed E-state index contributed by atoms with van der Waals surface area (Å²) in [6, 6.07) is 18.4. The highest BCUT2D eigenvalue weighted by molar-refractivity contribution is 7.71. The second kappa shape index (κ2) is 5.32. The largest absolute Gasteiger partial charge is 0.299 e. The molecule has 1 aliphatic rings. The number of fused-ring (bicyclic) bond motifs is 2. The Hall–Kier alpha value is -2.38. The first-order chi connectivity index (χ1) is 11.5. The number of benzene rings is 3. The molecule has 4 rings (SSSR count). The van der Waals surface area contributed by atoms with Gasteiger partial charge in [-0.25, -0.2) is 0 Å². The summed E-state index contributed by atoms with van der Waals surface area (Å²) in [4.78, 5) is 12.3. The smallest absolute Gasteiger partial charge is 0.257 e. The molecule has 120 valence electrons. The van der Waals surface area contributed by atoms with Crippen molar-refractivity contribution in [3.63, 3.8) is 0 Å². The number of hydrogen-bond acceptors (Lipinski definition) is 2. The van der Waals surface area contributed by atoms with E-state index in [-0.39, 0.29) is 5.91 Å². The van der Waals surface area contributed by atoms with Gasteiger partial charge in [-0.15, -0.1) is 0 Å². The Morgan fingerprint density at radius 1 is 0.958 bits per heavy atom. The zero-order valence-corrected chi connectivity index (χ0v) is 14.6. The zero-order chi connectivity index (χ0) is 16.9. The number of carbonyl (C=O) groups excluding carboxylic acids is 1. The van der Waals surface area contributed by atoms with E-state index in [0.717, 1.165) is 22.1 Å². The van der Waals surface area contributed by atoms with E-state index in [1.165, 1.54) is 5.39 Å². The Balaban J connectivity index is 1.91. The van der Waals surface area contributed by atoms with Gasteiger partial charge in [-0.1, -0.05) is 49.4 Å². The number of rotatable bonds is 2. The van der Waals surface area contributed by atoms with Gasteiger partial charge in [-0.3, -0.25) is 14.4 Å². The first-order valence-corrected chi connectivity index (χ1v) is 9.97. The lowest BCUT2D eigenvalue weighted by Crippen LogP contribution is -2.14. The van der Waals surface area contributed by atoms with Gasteiger partial charge < -0.3 is 0 Å². The minimum atomic E-state index is -2.78. The van der Waals surface area contributed by atoms with Crippen LogP contribution in [-0.2, 0) is 4.57 Å². The van der Waals surface area contributed by atoms with Crippen LogP contribution in [0.25, 0.3) is 21.9 Å². The van der Waals surface area contributed by atoms with E-state index in [4.69, 9.17) is 0 Å². The van der Waals surface area contributed by atoms with Crippen molar-refractivity contribution in [3.05, 3.63) is 65.7 Å². The average Bonchev–Trinajstić information content (AvgIpc) is 2.86. The van der Waals surface area contributed by atoms with Crippen LogP contribution in [0, 0.1) is 6.92 Å². The molecule has 1 N–H and O–H groups in total. The Bertz CT molecular complexity index is 1040. The summed E-state index contributed by atoms with van der Waals surface area (Å²) in [5.74, 6) is -0.221. The fraction of sp³-hybridized carbons (Fsp3) is 0.150.